The van der Waals surface area contributed by atoms with Crippen molar-refractivity contribution in [1.82, 2.24) is 10.2 Å². The number of nitrogens with one attached hydrogen (secondary N) is 1. The Kier molecular flexibility index (Phi) is 6.46. The summed E-state index contributed by atoms with van der Waals surface area (Å²) in [6.45, 7) is 2.28. The number of ether oxygens (including phenoxy) is 2. The lowest BCUT2D eigenvalue weighted by atomic mass is 9.95. The molecule has 0 spiro atoms. The van der Waals surface area contributed by atoms with E-state index in [1.54, 1.807) is 44.2 Å². The molecular weight excluding hydrogens is 371 g/mol. The Morgan fingerprint density at radius 1 is 1.33 bits per heavy atom. The lowest BCUT2D eigenvalue weighted by Gasteiger charge is -2.36. The zero-order valence-corrected chi connectivity index (χ0v) is 15.9. The van der Waals surface area contributed by atoms with Crippen LogP contribution in [0.5, 0.6) is 0 Å². The zero-order chi connectivity index (χ0) is 17.9. The molecule has 1 aromatic rings. The average molecular weight is 389 g/mol. The van der Waals surface area contributed by atoms with Gasteiger partial charge in [-0.25, -0.2) is 4.79 Å². The SMILES string of the molecule is COCCOC(=O)C1=C(C)N(C)C(=S)N[C@H]1c1c(Cl)cccc1Cl. The van der Waals surface area contributed by atoms with Gasteiger partial charge < -0.3 is 19.7 Å². The van der Waals surface area contributed by atoms with Gasteiger partial charge in [-0.05, 0) is 31.3 Å². The van der Waals surface area contributed by atoms with Gasteiger partial charge in [-0.2, -0.15) is 0 Å². The molecule has 1 aliphatic rings. The van der Waals surface area contributed by atoms with Crippen molar-refractivity contribution >= 4 is 46.5 Å². The lowest BCUT2D eigenvalue weighted by molar-refractivity contribution is -0.140. The molecular formula is C16H18Cl2N2O3S. The van der Waals surface area contributed by atoms with Crippen LogP contribution < -0.4 is 5.32 Å². The Labute approximate surface area is 156 Å². The third-order valence-electron chi connectivity index (χ3n) is 3.78. The van der Waals surface area contributed by atoms with Crippen LogP contribution in [-0.4, -0.2) is 43.4 Å². The molecule has 0 radical (unpaired) electrons. The van der Waals surface area contributed by atoms with Crippen LogP contribution in [0.15, 0.2) is 29.5 Å². The molecule has 0 saturated carbocycles. The first-order valence-corrected chi connectivity index (χ1v) is 8.39. The molecule has 0 saturated heterocycles. The fourth-order valence-corrected chi connectivity index (χ4v) is 3.27. The van der Waals surface area contributed by atoms with Crippen molar-refractivity contribution < 1.29 is 14.3 Å². The van der Waals surface area contributed by atoms with E-state index in [0.717, 1.165) is 0 Å². The summed E-state index contributed by atoms with van der Waals surface area (Å²) in [4.78, 5) is 14.3. The number of benzene rings is 1. The van der Waals surface area contributed by atoms with Gasteiger partial charge in [0, 0.05) is 35.5 Å². The molecule has 1 N–H and O–H groups in total. The second kappa shape index (κ2) is 8.16. The van der Waals surface area contributed by atoms with Gasteiger partial charge in [0.1, 0.15) is 6.61 Å². The highest BCUT2D eigenvalue weighted by molar-refractivity contribution is 7.80. The Hall–Kier alpha value is -1.34. The van der Waals surface area contributed by atoms with Gasteiger partial charge in [0.05, 0.1) is 18.2 Å². The fourth-order valence-electron chi connectivity index (χ4n) is 2.40. The van der Waals surface area contributed by atoms with Gasteiger partial charge in [0.15, 0.2) is 5.11 Å². The quantitative estimate of drug-likeness (QED) is 0.474. The van der Waals surface area contributed by atoms with Gasteiger partial charge in [-0.3, -0.25) is 0 Å². The number of nitrogens with zero attached hydrogens (tertiary/aromatic N) is 1. The molecule has 0 fully saturated rings. The van der Waals surface area contributed by atoms with Crippen LogP contribution >= 0.6 is 35.4 Å². The molecule has 0 aliphatic carbocycles. The second-order valence-corrected chi connectivity index (χ2v) is 6.41. The highest BCUT2D eigenvalue weighted by Crippen LogP contribution is 2.38. The van der Waals surface area contributed by atoms with Gasteiger partial charge in [-0.15, -0.1) is 0 Å². The predicted octanol–water partition coefficient (Wildman–Crippen LogP) is 3.32. The predicted molar refractivity (Wildman–Crippen MR) is 98.2 cm³/mol. The molecule has 5 nitrogen and oxygen atoms in total. The third-order valence-corrected chi connectivity index (χ3v) is 4.83. The van der Waals surface area contributed by atoms with Crippen molar-refractivity contribution in [2.45, 2.75) is 13.0 Å². The number of halogens is 2. The molecule has 0 unspecified atom stereocenters. The number of rotatable bonds is 5. The van der Waals surface area contributed by atoms with E-state index >= 15 is 0 Å². The fraction of sp³-hybridized carbons (Fsp3) is 0.375. The van der Waals surface area contributed by atoms with Crippen molar-refractivity contribution in [3.63, 3.8) is 0 Å². The first kappa shape index (κ1) is 19.0. The van der Waals surface area contributed by atoms with E-state index in [9.17, 15) is 4.79 Å². The van der Waals surface area contributed by atoms with E-state index in [4.69, 9.17) is 44.9 Å². The molecule has 1 aromatic carbocycles. The maximum absolute atomic E-state index is 12.6. The molecule has 1 atom stereocenters. The van der Waals surface area contributed by atoms with Crippen LogP contribution in [0.3, 0.4) is 0 Å². The smallest absolute Gasteiger partial charge is 0.338 e. The summed E-state index contributed by atoms with van der Waals surface area (Å²) in [7, 11) is 3.32. The van der Waals surface area contributed by atoms with E-state index < -0.39 is 12.0 Å². The Morgan fingerprint density at radius 2 is 1.96 bits per heavy atom. The number of thiocarbonyl (C=S) groups is 1. The molecule has 0 aromatic heterocycles. The molecule has 0 amide bonds. The van der Waals surface area contributed by atoms with Gasteiger partial charge in [-0.1, -0.05) is 29.3 Å². The van der Waals surface area contributed by atoms with Gasteiger partial charge in [0.25, 0.3) is 0 Å². The number of carbonyl (C=O) groups is 1. The molecule has 0 bridgehead atoms. The van der Waals surface area contributed by atoms with Crippen molar-refractivity contribution in [3.05, 3.63) is 45.1 Å². The highest BCUT2D eigenvalue weighted by Gasteiger charge is 2.35. The number of methoxy groups -OCH3 is 1. The van der Waals surface area contributed by atoms with Crippen LogP contribution in [-0.2, 0) is 14.3 Å². The third kappa shape index (κ3) is 3.83. The summed E-state index contributed by atoms with van der Waals surface area (Å²) >= 11 is 18.0. The van der Waals surface area contributed by atoms with Crippen LogP contribution in [0.4, 0.5) is 0 Å². The van der Waals surface area contributed by atoms with Crippen LogP contribution in [0.1, 0.15) is 18.5 Å². The minimum atomic E-state index is -0.579. The number of allylic oxidation sites excluding steroid dienone is 1. The lowest BCUT2D eigenvalue weighted by Crippen LogP contribution is -2.46. The van der Waals surface area contributed by atoms with Crippen LogP contribution in [0.2, 0.25) is 10.0 Å². The minimum absolute atomic E-state index is 0.156. The van der Waals surface area contributed by atoms with E-state index in [-0.39, 0.29) is 6.61 Å². The van der Waals surface area contributed by atoms with E-state index in [1.807, 2.05) is 0 Å². The van der Waals surface area contributed by atoms with Gasteiger partial charge in [0.2, 0.25) is 0 Å². The number of hydrogen-bond donors (Lipinski definition) is 1. The molecule has 1 heterocycles. The Morgan fingerprint density at radius 3 is 2.54 bits per heavy atom. The summed E-state index contributed by atoms with van der Waals surface area (Å²) in [5, 5.41) is 4.48. The number of hydrogen-bond acceptors (Lipinski definition) is 4. The first-order valence-electron chi connectivity index (χ1n) is 7.23. The van der Waals surface area contributed by atoms with Crippen molar-refractivity contribution in [2.75, 3.05) is 27.4 Å². The normalized spacial score (nSPS) is 17.8. The topological polar surface area (TPSA) is 50.8 Å². The van der Waals surface area contributed by atoms with Crippen molar-refractivity contribution in [1.29, 1.82) is 0 Å². The maximum atomic E-state index is 12.6. The molecule has 2 rings (SSSR count). The van der Waals surface area contributed by atoms with E-state index in [0.29, 0.717) is 38.6 Å². The summed E-state index contributed by atoms with van der Waals surface area (Å²) in [5.74, 6) is -0.465. The summed E-state index contributed by atoms with van der Waals surface area (Å²) in [5.41, 5.74) is 1.69. The number of carbonyl (C=O) groups excluding carboxylic acids is 1. The Bertz CT molecular complexity index is 674. The van der Waals surface area contributed by atoms with Crippen molar-refractivity contribution in [2.24, 2.45) is 0 Å². The molecule has 8 heteroatoms. The average Bonchev–Trinajstić information content (AvgIpc) is 2.52. The zero-order valence-electron chi connectivity index (χ0n) is 13.6. The maximum Gasteiger partial charge on any atom is 0.338 e. The molecule has 1 aliphatic heterocycles. The highest BCUT2D eigenvalue weighted by atomic mass is 35.5. The largest absolute Gasteiger partial charge is 0.460 e. The minimum Gasteiger partial charge on any atom is -0.460 e. The standard InChI is InChI=1S/C16H18Cl2N2O3S/c1-9-12(15(21)23-8-7-22-3)14(19-16(24)20(9)2)13-10(17)5-4-6-11(13)18/h4-6,14H,7-8H2,1-3H3,(H,19,24)/t14-/m1/s1. The van der Waals surface area contributed by atoms with E-state index in [2.05, 4.69) is 5.32 Å². The van der Waals surface area contributed by atoms with Gasteiger partial charge >= 0.3 is 5.97 Å². The summed E-state index contributed by atoms with van der Waals surface area (Å²) < 4.78 is 10.2. The molecule has 130 valence electrons. The first-order chi connectivity index (χ1) is 11.4. The monoisotopic (exact) mass is 388 g/mol. The van der Waals surface area contributed by atoms with Crippen molar-refractivity contribution in [3.8, 4) is 0 Å². The molecule has 24 heavy (non-hydrogen) atoms. The number of esters is 1. The second-order valence-electron chi connectivity index (χ2n) is 5.20. The summed E-state index contributed by atoms with van der Waals surface area (Å²) in [6.07, 6.45) is 0. The van der Waals surface area contributed by atoms with Crippen LogP contribution in [0.25, 0.3) is 0 Å². The summed E-state index contributed by atoms with van der Waals surface area (Å²) in [6, 6.07) is 4.60. The Balaban J connectivity index is 2.47. The van der Waals surface area contributed by atoms with E-state index in [1.165, 1.54) is 0 Å². The van der Waals surface area contributed by atoms with Crippen LogP contribution in [0, 0.1) is 0 Å².